The lowest BCUT2D eigenvalue weighted by Crippen LogP contribution is -2.61. The summed E-state index contributed by atoms with van der Waals surface area (Å²) < 4.78 is 53.3. The molecule has 13 heteroatoms. The summed E-state index contributed by atoms with van der Waals surface area (Å²) in [5.41, 5.74) is 8.19. The Hall–Kier alpha value is -3.33. The van der Waals surface area contributed by atoms with Crippen molar-refractivity contribution in [3.05, 3.63) is 41.0 Å². The average molecular weight is 615 g/mol. The molecule has 0 spiro atoms. The number of fused-ring (bicyclic) bond motifs is 4. The van der Waals surface area contributed by atoms with E-state index in [1.807, 2.05) is 19.1 Å². The van der Waals surface area contributed by atoms with Gasteiger partial charge in [-0.3, -0.25) is 4.79 Å². The van der Waals surface area contributed by atoms with Crippen LogP contribution in [0.1, 0.15) is 42.1 Å². The molecule has 1 aliphatic carbocycles. The van der Waals surface area contributed by atoms with Crippen molar-refractivity contribution in [1.82, 2.24) is 5.32 Å². The van der Waals surface area contributed by atoms with Crippen LogP contribution in [0.5, 0.6) is 28.7 Å². The molecule has 0 aromatic heterocycles. The van der Waals surface area contributed by atoms with Gasteiger partial charge in [0.2, 0.25) is 12.5 Å². The first-order valence-corrected chi connectivity index (χ1v) is 15.0. The van der Waals surface area contributed by atoms with Crippen LogP contribution in [0.15, 0.2) is 24.3 Å². The van der Waals surface area contributed by atoms with Crippen LogP contribution >= 0.6 is 0 Å². The third-order valence-electron chi connectivity index (χ3n) is 9.21. The minimum Gasteiger partial charge on any atom is -0.502 e. The maximum absolute atomic E-state index is 13.5. The van der Waals surface area contributed by atoms with Crippen LogP contribution in [0.4, 0.5) is 0 Å². The molecular formula is C31H38N2O11. The molecule has 7 rings (SSSR count). The van der Waals surface area contributed by atoms with Crippen LogP contribution in [0.25, 0.3) is 0 Å². The quantitative estimate of drug-likeness (QED) is 0.371. The molecule has 13 nitrogen and oxygen atoms in total. The van der Waals surface area contributed by atoms with E-state index in [4.69, 9.17) is 48.4 Å². The van der Waals surface area contributed by atoms with Gasteiger partial charge in [0.1, 0.15) is 12.2 Å². The summed E-state index contributed by atoms with van der Waals surface area (Å²) in [7, 11) is 2.93. The fraction of sp³-hybridized carbons (Fsp3) is 0.581. The number of rotatable bonds is 8. The van der Waals surface area contributed by atoms with E-state index in [9.17, 15) is 9.90 Å². The van der Waals surface area contributed by atoms with Crippen molar-refractivity contribution in [2.24, 2.45) is 17.6 Å². The molecule has 4 N–H and O–H groups in total. The summed E-state index contributed by atoms with van der Waals surface area (Å²) in [6, 6.07) is 7.20. The van der Waals surface area contributed by atoms with Crippen molar-refractivity contribution >= 4 is 5.97 Å². The van der Waals surface area contributed by atoms with Crippen molar-refractivity contribution in [1.29, 1.82) is 0 Å². The molecule has 2 aromatic carbocycles. The molecule has 0 unspecified atom stereocenters. The zero-order valence-corrected chi connectivity index (χ0v) is 24.9. The van der Waals surface area contributed by atoms with Gasteiger partial charge in [-0.15, -0.1) is 0 Å². The van der Waals surface area contributed by atoms with E-state index < -0.39 is 24.2 Å². The predicted octanol–water partition coefficient (Wildman–Crippen LogP) is 1.92. The fourth-order valence-electron chi connectivity index (χ4n) is 7.24. The van der Waals surface area contributed by atoms with Crippen LogP contribution in [0.3, 0.4) is 0 Å². The smallest absolute Gasteiger partial charge is 0.310 e. The number of benzene rings is 2. The third-order valence-corrected chi connectivity index (χ3v) is 9.21. The summed E-state index contributed by atoms with van der Waals surface area (Å²) in [5.74, 6) is -0.246. The van der Waals surface area contributed by atoms with Gasteiger partial charge in [-0.2, -0.15) is 0 Å². The highest BCUT2D eigenvalue weighted by Crippen LogP contribution is 2.57. The average Bonchev–Trinajstić information content (AvgIpc) is 3.65. The number of phenolic OH excluding ortho intramolecular Hbond substituents is 1. The molecule has 3 fully saturated rings. The molecule has 0 radical (unpaired) electrons. The lowest BCUT2D eigenvalue weighted by Gasteiger charge is -2.47. The summed E-state index contributed by atoms with van der Waals surface area (Å²) in [4.78, 5) is 13.5. The summed E-state index contributed by atoms with van der Waals surface area (Å²) >= 11 is 0. The van der Waals surface area contributed by atoms with Gasteiger partial charge >= 0.3 is 5.97 Å². The Balaban J connectivity index is 1.29. The lowest BCUT2D eigenvalue weighted by atomic mass is 9.66. The van der Waals surface area contributed by atoms with Gasteiger partial charge in [0.25, 0.3) is 0 Å². The number of methoxy groups -OCH3 is 2. The zero-order valence-electron chi connectivity index (χ0n) is 24.9. The summed E-state index contributed by atoms with van der Waals surface area (Å²) in [5, 5.41) is 14.1. The van der Waals surface area contributed by atoms with Gasteiger partial charge in [-0.1, -0.05) is 0 Å². The molecule has 0 amide bonds. The highest BCUT2D eigenvalue weighted by Gasteiger charge is 2.54. The fourth-order valence-corrected chi connectivity index (χ4v) is 7.24. The van der Waals surface area contributed by atoms with Crippen LogP contribution in [-0.2, 0) is 28.5 Å². The molecule has 4 heterocycles. The van der Waals surface area contributed by atoms with E-state index in [0.29, 0.717) is 37.6 Å². The highest BCUT2D eigenvalue weighted by atomic mass is 16.7. The van der Waals surface area contributed by atoms with Crippen LogP contribution in [-0.4, -0.2) is 89.2 Å². The number of nitrogens with two attached hydrogens (primary N) is 1. The molecule has 0 bridgehead atoms. The van der Waals surface area contributed by atoms with E-state index in [2.05, 4.69) is 5.32 Å². The summed E-state index contributed by atoms with van der Waals surface area (Å²) in [6.07, 6.45) is -1.59. The van der Waals surface area contributed by atoms with Gasteiger partial charge < -0.3 is 58.8 Å². The number of esters is 1. The lowest BCUT2D eigenvalue weighted by molar-refractivity contribution is -0.324. The summed E-state index contributed by atoms with van der Waals surface area (Å²) in [6.45, 7) is 3.59. The molecule has 3 saturated heterocycles. The Morgan fingerprint density at radius 2 is 1.73 bits per heavy atom. The second-order valence-electron chi connectivity index (χ2n) is 11.7. The van der Waals surface area contributed by atoms with Crippen molar-refractivity contribution < 1.29 is 52.5 Å². The molecule has 238 valence electrons. The van der Waals surface area contributed by atoms with Gasteiger partial charge in [-0.05, 0) is 47.9 Å². The number of ether oxygens (including phenoxy) is 9. The number of aromatic hydroxyl groups is 1. The number of hydrogen-bond donors (Lipinski definition) is 3. The SMILES string of the molecule is COc1cc([C@@H]2c3cc4c(cc3[C@@H](O[C@H]3C[C@H](NCCN)[C@@H]5O[C@H](C)OC[C@H]5O3)[C@H]3COC(=O)[C@H]23)OCO4)cc(OC)c1O. The Morgan fingerprint density at radius 3 is 2.43 bits per heavy atom. The Morgan fingerprint density at radius 1 is 1.00 bits per heavy atom. The molecule has 44 heavy (non-hydrogen) atoms. The van der Waals surface area contributed by atoms with Gasteiger partial charge in [0.15, 0.2) is 35.6 Å². The number of carbonyl (C=O) groups excluding carboxylic acids is 1. The van der Waals surface area contributed by atoms with Crippen LogP contribution in [0.2, 0.25) is 0 Å². The number of phenols is 1. The third kappa shape index (κ3) is 5.01. The van der Waals surface area contributed by atoms with Crippen molar-refractivity contribution in [2.45, 2.75) is 56.2 Å². The molecule has 5 aliphatic rings. The van der Waals surface area contributed by atoms with Gasteiger partial charge in [0.05, 0.1) is 39.5 Å². The molecular weight excluding hydrogens is 576 g/mol. The Labute approximate surface area is 254 Å². The van der Waals surface area contributed by atoms with Gasteiger partial charge in [-0.25, -0.2) is 0 Å². The minimum absolute atomic E-state index is 0.0737. The first kappa shape index (κ1) is 29.4. The monoisotopic (exact) mass is 614 g/mol. The number of hydrogen-bond acceptors (Lipinski definition) is 13. The van der Waals surface area contributed by atoms with Gasteiger partial charge in [0, 0.05) is 37.4 Å². The van der Waals surface area contributed by atoms with E-state index in [-0.39, 0.29) is 67.1 Å². The van der Waals surface area contributed by atoms with Crippen LogP contribution in [0, 0.1) is 11.8 Å². The maximum atomic E-state index is 13.5. The molecule has 0 saturated carbocycles. The topological polar surface area (TPSA) is 158 Å². The largest absolute Gasteiger partial charge is 0.502 e. The second-order valence-corrected chi connectivity index (χ2v) is 11.7. The zero-order chi connectivity index (χ0) is 30.5. The standard InChI is InChI=1S/C31H38N2O11/c1-14-38-12-24-30(42-14)19(33-5-4-32)10-25(43-24)44-29-17-9-21-20(40-13-41-21)8-16(17)26(27-18(29)11-39-31(27)35)15-6-22(36-2)28(34)23(7-15)37-3/h6-9,14,18-19,24-27,29-30,33-34H,4-5,10-13,32H2,1-3H3/t14-,18+,19+,24-,25+,26-,27+,29-,30+/m1/s1. The van der Waals surface area contributed by atoms with Crippen molar-refractivity contribution in [3.63, 3.8) is 0 Å². The first-order valence-electron chi connectivity index (χ1n) is 15.0. The van der Waals surface area contributed by atoms with E-state index in [1.54, 1.807) is 12.1 Å². The number of cyclic esters (lactones) is 1. The first-order chi connectivity index (χ1) is 21.4. The maximum Gasteiger partial charge on any atom is 0.310 e. The highest BCUT2D eigenvalue weighted by molar-refractivity contribution is 5.79. The minimum atomic E-state index is -0.628. The van der Waals surface area contributed by atoms with Crippen molar-refractivity contribution in [2.75, 3.05) is 47.3 Å². The molecule has 2 aromatic rings. The molecule has 9 atom stereocenters. The number of nitrogens with one attached hydrogen (secondary N) is 1. The van der Waals surface area contributed by atoms with Crippen LogP contribution < -0.4 is 30.0 Å². The van der Waals surface area contributed by atoms with Crippen molar-refractivity contribution in [3.8, 4) is 28.7 Å². The van der Waals surface area contributed by atoms with E-state index in [0.717, 1.165) is 16.7 Å². The Kier molecular flexibility index (Phi) is 7.93. The van der Waals surface area contributed by atoms with E-state index >= 15 is 0 Å². The van der Waals surface area contributed by atoms with E-state index in [1.165, 1.54) is 14.2 Å². The predicted molar refractivity (Wildman–Crippen MR) is 152 cm³/mol. The second kappa shape index (κ2) is 11.9. The normalized spacial score (nSPS) is 33.6. The molecule has 4 aliphatic heterocycles. The Bertz CT molecular complexity index is 1380. The number of carbonyl (C=O) groups is 1.